The van der Waals surface area contributed by atoms with Gasteiger partial charge in [-0.15, -0.1) is 0 Å². The third kappa shape index (κ3) is 18.6. The summed E-state index contributed by atoms with van der Waals surface area (Å²) < 4.78 is 22.2. The van der Waals surface area contributed by atoms with E-state index in [4.69, 9.17) is 19.6 Å². The quantitative estimate of drug-likeness (QED) is 0.298. The van der Waals surface area contributed by atoms with Crippen molar-refractivity contribution < 1.29 is 80.5 Å². The molecule has 68 valence electrons. The van der Waals surface area contributed by atoms with Gasteiger partial charge in [-0.1, -0.05) is 0 Å². The van der Waals surface area contributed by atoms with Crippen molar-refractivity contribution in [1.82, 2.24) is 0 Å². The summed E-state index contributed by atoms with van der Waals surface area (Å²) in [5.74, 6) is 0. The average molecular weight is 261 g/mol. The van der Waals surface area contributed by atoms with Crippen LogP contribution in [0.5, 0.6) is 0 Å². The predicted octanol–water partition coefficient (Wildman–Crippen LogP) is -3.70. The molecule has 0 aliphatic rings. The van der Waals surface area contributed by atoms with Crippen LogP contribution in [0.4, 0.5) is 0 Å². The number of phosphoric acid groups is 2. The fourth-order valence-corrected chi connectivity index (χ4v) is 1.25. The van der Waals surface area contributed by atoms with Crippen LogP contribution >= 0.6 is 15.6 Å². The minimum Gasteiger partial charge on any atom is -1.00 e. The molecule has 7 nitrogen and oxygen atoms in total. The van der Waals surface area contributed by atoms with Crippen LogP contribution in [0.25, 0.3) is 0 Å². The molecular weight excluding hydrogens is 256 g/mol. The molecule has 0 fully saturated rings. The van der Waals surface area contributed by atoms with Gasteiger partial charge in [0.15, 0.2) is 0 Å². The van der Waals surface area contributed by atoms with Gasteiger partial charge in [0.1, 0.15) is 0 Å². The molecule has 0 amide bonds. The van der Waals surface area contributed by atoms with Crippen LogP contribution in [0.3, 0.4) is 0 Å². The second kappa shape index (κ2) is 6.24. The first-order valence-corrected chi connectivity index (χ1v) is 4.59. The fourth-order valence-electron chi connectivity index (χ4n) is 0.139. The van der Waals surface area contributed by atoms with Crippen LogP contribution < -0.4 is 29.6 Å². The van der Waals surface area contributed by atoms with E-state index in [1.54, 1.807) is 0 Å². The molecule has 11 heteroatoms. The molecule has 0 radical (unpaired) electrons. The van der Waals surface area contributed by atoms with Crippen LogP contribution in [-0.2, 0) is 29.9 Å². The zero-order chi connectivity index (χ0) is 7.71. The summed E-state index contributed by atoms with van der Waals surface area (Å²) in [7, 11) is -10.1. The molecular formula is H5NaNiO7P2. The molecule has 0 aliphatic carbocycles. The smallest absolute Gasteiger partial charge is 1.00 e. The summed E-state index contributed by atoms with van der Waals surface area (Å²) in [6, 6.07) is 0. The van der Waals surface area contributed by atoms with Crippen molar-refractivity contribution >= 4 is 15.6 Å². The molecule has 0 aliphatic heterocycles. The van der Waals surface area contributed by atoms with Gasteiger partial charge in [0, 0.05) is 16.5 Å². The molecule has 0 unspecified atom stereocenters. The van der Waals surface area contributed by atoms with Gasteiger partial charge in [-0.2, -0.15) is 4.31 Å². The van der Waals surface area contributed by atoms with Gasteiger partial charge in [0.05, 0.1) is 0 Å². The Kier molecular flexibility index (Phi) is 10.5. The SMILES string of the molecule is O=P(O)(O)OP(=O)(O)O.[H-].[Na+].[Ni]. The summed E-state index contributed by atoms with van der Waals surface area (Å²) in [4.78, 5) is 31.0. The predicted molar refractivity (Wildman–Crippen MR) is 26.3 cm³/mol. The van der Waals surface area contributed by atoms with Crippen molar-refractivity contribution in [2.45, 2.75) is 0 Å². The molecule has 0 aromatic rings. The summed E-state index contributed by atoms with van der Waals surface area (Å²) >= 11 is 0. The van der Waals surface area contributed by atoms with E-state index in [2.05, 4.69) is 4.31 Å². The Morgan fingerprint density at radius 3 is 1.18 bits per heavy atom. The fraction of sp³-hybridized carbons (Fsp3) is 0. The summed E-state index contributed by atoms with van der Waals surface area (Å²) in [5, 5.41) is 0. The van der Waals surface area contributed by atoms with Crippen molar-refractivity contribution in [2.24, 2.45) is 0 Å². The van der Waals surface area contributed by atoms with Gasteiger partial charge in [-0.3, -0.25) is 0 Å². The van der Waals surface area contributed by atoms with E-state index in [1.165, 1.54) is 0 Å². The third-order valence-electron chi connectivity index (χ3n) is 0.213. The zero-order valence-corrected chi connectivity index (χ0v) is 10.0. The molecule has 4 N–H and O–H groups in total. The summed E-state index contributed by atoms with van der Waals surface area (Å²) in [5.41, 5.74) is 0. The van der Waals surface area contributed by atoms with Gasteiger partial charge in [0.2, 0.25) is 0 Å². The molecule has 0 rings (SSSR count). The van der Waals surface area contributed by atoms with Crippen molar-refractivity contribution in [3.05, 3.63) is 0 Å². The van der Waals surface area contributed by atoms with Crippen LogP contribution in [0.1, 0.15) is 1.43 Å². The van der Waals surface area contributed by atoms with E-state index in [9.17, 15) is 9.13 Å². The van der Waals surface area contributed by atoms with E-state index >= 15 is 0 Å². The third-order valence-corrected chi connectivity index (χ3v) is 1.91. The normalized spacial score (nSPS) is 11.3. The van der Waals surface area contributed by atoms with E-state index in [0.29, 0.717) is 0 Å². The van der Waals surface area contributed by atoms with Gasteiger partial charge >= 0.3 is 45.2 Å². The summed E-state index contributed by atoms with van der Waals surface area (Å²) in [6.07, 6.45) is 0. The molecule has 11 heavy (non-hydrogen) atoms. The number of rotatable bonds is 2. The topological polar surface area (TPSA) is 124 Å². The van der Waals surface area contributed by atoms with Gasteiger partial charge in [-0.25, -0.2) is 9.13 Å². The Labute approximate surface area is 95.7 Å². The van der Waals surface area contributed by atoms with Crippen molar-refractivity contribution in [3.8, 4) is 0 Å². The maximum Gasteiger partial charge on any atom is 1.00 e. The van der Waals surface area contributed by atoms with Crippen LogP contribution in [-0.4, -0.2) is 19.6 Å². The average Bonchev–Trinajstić information content (AvgIpc) is 1.14. The number of hydrogen-bond donors (Lipinski definition) is 4. The molecule has 0 saturated heterocycles. The summed E-state index contributed by atoms with van der Waals surface area (Å²) in [6.45, 7) is 0. The molecule has 0 spiro atoms. The van der Waals surface area contributed by atoms with E-state index in [-0.39, 0.29) is 47.5 Å². The molecule has 0 aromatic carbocycles. The Bertz CT molecular complexity index is 162. The molecule has 0 bridgehead atoms. The minimum absolute atomic E-state index is 0. The Hall–Kier alpha value is 1.75. The van der Waals surface area contributed by atoms with E-state index < -0.39 is 15.6 Å². The molecule has 0 atom stereocenters. The van der Waals surface area contributed by atoms with Gasteiger partial charge < -0.3 is 21.0 Å². The zero-order valence-electron chi connectivity index (χ0n) is 6.22. The first-order valence-electron chi connectivity index (χ1n) is 1.53. The van der Waals surface area contributed by atoms with Crippen molar-refractivity contribution in [1.29, 1.82) is 0 Å². The van der Waals surface area contributed by atoms with E-state index in [0.717, 1.165) is 0 Å². The minimum atomic E-state index is -5.05. The van der Waals surface area contributed by atoms with Gasteiger partial charge in [-0.05, 0) is 0 Å². The second-order valence-electron chi connectivity index (χ2n) is 1.06. The van der Waals surface area contributed by atoms with Gasteiger partial charge in [0.25, 0.3) is 0 Å². The van der Waals surface area contributed by atoms with E-state index in [1.807, 2.05) is 0 Å². The Balaban J connectivity index is -0.000000107. The molecule has 0 aromatic heterocycles. The van der Waals surface area contributed by atoms with Crippen molar-refractivity contribution in [2.75, 3.05) is 0 Å². The van der Waals surface area contributed by atoms with Crippen LogP contribution in [0.15, 0.2) is 0 Å². The maximum atomic E-state index is 9.63. The monoisotopic (exact) mass is 260 g/mol. The first kappa shape index (κ1) is 18.5. The number of hydrogen-bond acceptors (Lipinski definition) is 3. The second-order valence-corrected chi connectivity index (χ2v) is 3.68. The first-order chi connectivity index (χ1) is 3.71. The maximum absolute atomic E-state index is 9.63. The van der Waals surface area contributed by atoms with Crippen molar-refractivity contribution in [3.63, 3.8) is 0 Å². The standard InChI is InChI=1S/Na.Ni.H4O7P2.H/c;;1-8(2,3)7-9(4,5)6;/h;;(H2,1,2,3)(H2,4,5,6);/q+1;;;-1. The molecule has 0 heterocycles. The van der Waals surface area contributed by atoms with Crippen LogP contribution in [0.2, 0.25) is 0 Å². The Morgan fingerprint density at radius 1 is 1.00 bits per heavy atom. The molecule has 0 saturated carbocycles. The van der Waals surface area contributed by atoms with Crippen LogP contribution in [0, 0.1) is 0 Å². The Morgan fingerprint density at radius 2 is 1.18 bits per heavy atom. The largest absolute Gasteiger partial charge is 1.00 e.